The van der Waals surface area contributed by atoms with Crippen LogP contribution < -0.4 is 9.44 Å². The van der Waals surface area contributed by atoms with E-state index in [-0.39, 0.29) is 24.4 Å². The average molecular weight is 467 g/mol. The van der Waals surface area contributed by atoms with Gasteiger partial charge in [0.05, 0.1) is 24.4 Å². The third-order valence-corrected chi connectivity index (χ3v) is 9.25. The Balaban J connectivity index is 4.22. The zero-order valence-corrected chi connectivity index (χ0v) is 21.0. The van der Waals surface area contributed by atoms with E-state index in [1.54, 1.807) is 0 Å². The van der Waals surface area contributed by atoms with E-state index in [0.717, 1.165) is 23.1 Å². The lowest BCUT2D eigenvalue weighted by Crippen LogP contribution is -2.16. The molecule has 0 bridgehead atoms. The van der Waals surface area contributed by atoms with Gasteiger partial charge in [0.1, 0.15) is 0 Å². The van der Waals surface area contributed by atoms with E-state index in [2.05, 4.69) is 9.44 Å². The van der Waals surface area contributed by atoms with Gasteiger partial charge < -0.3 is 0 Å². The van der Waals surface area contributed by atoms with Gasteiger partial charge in [-0.1, -0.05) is 0 Å². The molecule has 0 fully saturated rings. The van der Waals surface area contributed by atoms with E-state index in [1.807, 2.05) is 55.4 Å². The fourth-order valence-corrected chi connectivity index (χ4v) is 8.85. The van der Waals surface area contributed by atoms with E-state index >= 15 is 0 Å². The summed E-state index contributed by atoms with van der Waals surface area (Å²) >= 11 is 1.97. The quantitative estimate of drug-likeness (QED) is 0.166. The summed E-state index contributed by atoms with van der Waals surface area (Å²) < 4.78 is 53.1. The Labute approximate surface area is 172 Å². The number of rotatable bonds is 16. The summed E-state index contributed by atoms with van der Waals surface area (Å²) in [5, 5.41) is 0. The van der Waals surface area contributed by atoms with Crippen molar-refractivity contribution in [1.82, 2.24) is 9.44 Å². The molecule has 164 valence electrons. The third kappa shape index (κ3) is 15.4. The van der Waals surface area contributed by atoms with Crippen LogP contribution in [0.15, 0.2) is 0 Å². The maximum Gasteiger partial charge on any atom is 0.404 e. The van der Waals surface area contributed by atoms with Crippen LogP contribution in [-0.2, 0) is 27.2 Å². The van der Waals surface area contributed by atoms with E-state index in [4.69, 9.17) is 18.1 Å². The normalized spacial score (nSPS) is 13.5. The topological polar surface area (TPSA) is 95.1 Å². The van der Waals surface area contributed by atoms with Crippen molar-refractivity contribution in [2.45, 2.75) is 86.2 Å². The minimum Gasteiger partial charge on any atom is -0.297 e. The monoisotopic (exact) mass is 466 g/mol. The van der Waals surface area contributed by atoms with Crippen LogP contribution in [0.25, 0.3) is 0 Å². The van der Waals surface area contributed by atoms with Crippen molar-refractivity contribution >= 4 is 36.7 Å². The second kappa shape index (κ2) is 14.0. The van der Waals surface area contributed by atoms with E-state index in [9.17, 15) is 9.13 Å². The Bertz CT molecular complexity index is 425. The zero-order chi connectivity index (χ0) is 21.1. The SMILES string of the molecule is CC(C)OP(=O)(OC(C)C)SNCCCNSP(=O)(OC(C)C)OC(C)C. The predicted octanol–water partition coefficient (Wildman–Crippen LogP) is 5.77. The lowest BCUT2D eigenvalue weighted by atomic mass is 10.4. The summed E-state index contributed by atoms with van der Waals surface area (Å²) in [7, 11) is 0. The molecule has 0 spiro atoms. The smallest absolute Gasteiger partial charge is 0.297 e. The molecule has 0 amide bonds. The largest absolute Gasteiger partial charge is 0.404 e. The Hall–Kier alpha value is 0.920. The molecule has 0 aromatic heterocycles. The molecule has 0 aromatic rings. The van der Waals surface area contributed by atoms with Gasteiger partial charge >= 0.3 is 13.6 Å². The van der Waals surface area contributed by atoms with Gasteiger partial charge in [0.2, 0.25) is 0 Å². The van der Waals surface area contributed by atoms with Crippen molar-refractivity contribution in [3.8, 4) is 0 Å². The van der Waals surface area contributed by atoms with Gasteiger partial charge in [0, 0.05) is 36.2 Å². The summed E-state index contributed by atoms with van der Waals surface area (Å²) in [6.45, 7) is 9.16. The van der Waals surface area contributed by atoms with Crippen molar-refractivity contribution < 1.29 is 27.2 Å². The molecule has 0 atom stereocenters. The molecule has 12 heteroatoms. The summed E-state index contributed by atoms with van der Waals surface area (Å²) in [6.07, 6.45) is -0.0702. The number of hydrogen-bond acceptors (Lipinski definition) is 10. The molecule has 0 rings (SSSR count). The first-order valence-electron chi connectivity index (χ1n) is 9.14. The number of hydrogen-bond donors (Lipinski definition) is 2. The lowest BCUT2D eigenvalue weighted by molar-refractivity contribution is 0.154. The molecule has 0 radical (unpaired) electrons. The summed E-state index contributed by atoms with van der Waals surface area (Å²) in [4.78, 5) is 0. The minimum atomic E-state index is -3.25. The van der Waals surface area contributed by atoms with Crippen molar-refractivity contribution in [3.63, 3.8) is 0 Å². The van der Waals surface area contributed by atoms with E-state index in [0.29, 0.717) is 19.5 Å². The first-order chi connectivity index (χ1) is 12.4. The van der Waals surface area contributed by atoms with Gasteiger partial charge in [-0.05, 0) is 61.8 Å². The van der Waals surface area contributed by atoms with Gasteiger partial charge in [0.15, 0.2) is 0 Å². The maximum atomic E-state index is 12.6. The van der Waals surface area contributed by atoms with Gasteiger partial charge in [0.25, 0.3) is 0 Å². The highest BCUT2D eigenvalue weighted by Crippen LogP contribution is 2.61. The first kappa shape index (κ1) is 27.9. The molecule has 0 aliphatic carbocycles. The van der Waals surface area contributed by atoms with E-state index in [1.165, 1.54) is 0 Å². The molecule has 0 aromatic carbocycles. The van der Waals surface area contributed by atoms with Crippen LogP contribution in [-0.4, -0.2) is 37.5 Å². The zero-order valence-electron chi connectivity index (χ0n) is 17.6. The maximum absolute atomic E-state index is 12.6. The van der Waals surface area contributed by atoms with Crippen molar-refractivity contribution in [3.05, 3.63) is 0 Å². The molecule has 0 heterocycles. The molecule has 27 heavy (non-hydrogen) atoms. The highest BCUT2D eigenvalue weighted by molar-refractivity contribution is 8.54. The molecule has 0 unspecified atom stereocenters. The molecule has 0 aliphatic rings. The molecule has 2 N–H and O–H groups in total. The highest BCUT2D eigenvalue weighted by Gasteiger charge is 2.30. The second-order valence-corrected chi connectivity index (χ2v) is 14.2. The Morgan fingerprint density at radius 3 is 1.11 bits per heavy atom. The fourth-order valence-electron chi connectivity index (χ4n) is 1.65. The van der Waals surface area contributed by atoms with Gasteiger partial charge in [-0.15, -0.1) is 0 Å². The van der Waals surface area contributed by atoms with Crippen molar-refractivity contribution in [1.29, 1.82) is 0 Å². The second-order valence-electron chi connectivity index (χ2n) is 6.84. The van der Waals surface area contributed by atoms with Crippen molar-refractivity contribution in [2.24, 2.45) is 0 Å². The highest BCUT2D eigenvalue weighted by atomic mass is 32.7. The number of nitrogens with one attached hydrogen (secondary N) is 2. The summed E-state index contributed by atoms with van der Waals surface area (Å²) in [6, 6.07) is 0. The fraction of sp³-hybridized carbons (Fsp3) is 1.00. The van der Waals surface area contributed by atoms with Gasteiger partial charge in [-0.25, -0.2) is 9.13 Å². The van der Waals surface area contributed by atoms with Crippen LogP contribution in [0.3, 0.4) is 0 Å². The molecule has 0 aliphatic heterocycles. The molecule has 0 saturated heterocycles. The van der Waals surface area contributed by atoms with Gasteiger partial charge in [-0.2, -0.15) is 0 Å². The Morgan fingerprint density at radius 2 is 0.889 bits per heavy atom. The lowest BCUT2D eigenvalue weighted by Gasteiger charge is -2.22. The summed E-state index contributed by atoms with van der Waals surface area (Å²) in [5.74, 6) is 0. The average Bonchev–Trinajstić information content (AvgIpc) is 2.42. The van der Waals surface area contributed by atoms with Crippen LogP contribution in [0.5, 0.6) is 0 Å². The molecular formula is C15H36N2O6P2S2. The van der Waals surface area contributed by atoms with Crippen LogP contribution in [0.1, 0.15) is 61.8 Å². The Morgan fingerprint density at radius 1 is 0.630 bits per heavy atom. The Kier molecular flexibility index (Phi) is 14.5. The van der Waals surface area contributed by atoms with Gasteiger partial charge in [-0.3, -0.25) is 27.5 Å². The molecule has 8 nitrogen and oxygen atoms in total. The predicted molar refractivity (Wildman–Crippen MR) is 116 cm³/mol. The first-order valence-corrected chi connectivity index (χ1v) is 15.1. The molecular weight excluding hydrogens is 430 g/mol. The van der Waals surface area contributed by atoms with Crippen LogP contribution in [0.4, 0.5) is 0 Å². The summed E-state index contributed by atoms with van der Waals surface area (Å²) in [5.41, 5.74) is 0. The standard InChI is InChI=1S/C15H36N2O6P2S2/c1-12(2)20-24(18,21-13(3)4)26-16-10-9-11-17-27-25(19,22-14(5)6)23-15(7)8/h12-17H,9-11H2,1-8H3. The van der Waals surface area contributed by atoms with Crippen LogP contribution in [0.2, 0.25) is 0 Å². The molecule has 0 saturated carbocycles. The third-order valence-electron chi connectivity index (χ3n) is 2.27. The van der Waals surface area contributed by atoms with Crippen molar-refractivity contribution in [2.75, 3.05) is 13.1 Å². The minimum absolute atomic E-state index is 0.196. The van der Waals surface area contributed by atoms with E-state index < -0.39 is 13.6 Å². The van der Waals surface area contributed by atoms with Crippen LogP contribution in [0, 0.1) is 0 Å². The van der Waals surface area contributed by atoms with Crippen LogP contribution >= 0.6 is 36.7 Å².